The molecule has 1 amide bonds. The van der Waals surface area contributed by atoms with E-state index in [0.717, 1.165) is 37.9 Å². The Labute approximate surface area is 158 Å². The zero-order valence-electron chi connectivity index (χ0n) is 15.2. The van der Waals surface area contributed by atoms with E-state index in [2.05, 4.69) is 49.4 Å². The van der Waals surface area contributed by atoms with Gasteiger partial charge in [0, 0.05) is 37.9 Å². The molecular formula is C20H24N6O. The van der Waals surface area contributed by atoms with Gasteiger partial charge in [0.25, 0.3) is 5.91 Å². The standard InChI is InChI=1S/C20H24N6O/c21-20(7-10-26(11-8-20)12-15-4-2-1-3-5-15)13-23-19(27)17-16-6-9-22-18(16)25-14-24-17/h1-6,9,14H,7-8,10-13,21H2,(H,23,27)(H,22,24,25). The van der Waals surface area contributed by atoms with Crippen LogP contribution < -0.4 is 11.1 Å². The molecule has 4 rings (SSSR count). The second-order valence-corrected chi connectivity index (χ2v) is 7.27. The minimum absolute atomic E-state index is 0.210. The number of nitrogens with zero attached hydrogens (tertiary/aromatic N) is 3. The summed E-state index contributed by atoms with van der Waals surface area (Å²) in [4.78, 5) is 26.2. The molecule has 7 nitrogen and oxygen atoms in total. The summed E-state index contributed by atoms with van der Waals surface area (Å²) in [5.74, 6) is -0.210. The molecule has 1 aromatic carbocycles. The van der Waals surface area contributed by atoms with Crippen molar-refractivity contribution in [2.45, 2.75) is 24.9 Å². The van der Waals surface area contributed by atoms with E-state index < -0.39 is 0 Å². The zero-order valence-corrected chi connectivity index (χ0v) is 15.2. The molecule has 0 aliphatic carbocycles. The Hall–Kier alpha value is -2.77. The summed E-state index contributed by atoms with van der Waals surface area (Å²) >= 11 is 0. The van der Waals surface area contributed by atoms with Gasteiger partial charge < -0.3 is 16.0 Å². The maximum Gasteiger partial charge on any atom is 0.270 e. The Morgan fingerprint density at radius 1 is 1.19 bits per heavy atom. The summed E-state index contributed by atoms with van der Waals surface area (Å²) in [6.07, 6.45) is 4.85. The van der Waals surface area contributed by atoms with E-state index in [4.69, 9.17) is 5.73 Å². The third-order valence-corrected chi connectivity index (χ3v) is 5.27. The highest BCUT2D eigenvalue weighted by Crippen LogP contribution is 2.21. The molecule has 0 unspecified atom stereocenters. The summed E-state index contributed by atoms with van der Waals surface area (Å²) in [6, 6.07) is 12.3. The summed E-state index contributed by atoms with van der Waals surface area (Å²) in [5.41, 5.74) is 8.53. The predicted octanol–water partition coefficient (Wildman–Crippen LogP) is 1.68. The lowest BCUT2D eigenvalue weighted by Gasteiger charge is -2.39. The number of hydrogen-bond donors (Lipinski definition) is 3. The number of nitrogens with two attached hydrogens (primary N) is 1. The zero-order chi connectivity index (χ0) is 18.7. The van der Waals surface area contributed by atoms with Crippen molar-refractivity contribution in [3.63, 3.8) is 0 Å². The van der Waals surface area contributed by atoms with E-state index in [1.807, 2.05) is 12.1 Å². The fourth-order valence-electron chi connectivity index (χ4n) is 3.57. The maximum absolute atomic E-state index is 12.6. The number of benzene rings is 1. The number of carbonyl (C=O) groups is 1. The summed E-state index contributed by atoms with van der Waals surface area (Å²) < 4.78 is 0. The Morgan fingerprint density at radius 2 is 1.96 bits per heavy atom. The highest BCUT2D eigenvalue weighted by atomic mass is 16.1. The molecule has 1 fully saturated rings. The van der Waals surface area contributed by atoms with E-state index >= 15 is 0 Å². The Bertz CT molecular complexity index is 914. The van der Waals surface area contributed by atoms with Crippen molar-refractivity contribution in [3.05, 3.63) is 60.2 Å². The molecule has 7 heteroatoms. The highest BCUT2D eigenvalue weighted by Gasteiger charge is 2.31. The van der Waals surface area contributed by atoms with Crippen LogP contribution >= 0.6 is 0 Å². The smallest absolute Gasteiger partial charge is 0.270 e. The lowest BCUT2D eigenvalue weighted by Crippen LogP contribution is -2.56. The molecule has 1 aliphatic rings. The Morgan fingerprint density at radius 3 is 2.74 bits per heavy atom. The van der Waals surface area contributed by atoms with Gasteiger partial charge in [0.05, 0.1) is 5.39 Å². The molecule has 0 atom stereocenters. The molecule has 3 aromatic rings. The van der Waals surface area contributed by atoms with Crippen molar-refractivity contribution in [2.75, 3.05) is 19.6 Å². The fourth-order valence-corrected chi connectivity index (χ4v) is 3.57. The molecule has 1 saturated heterocycles. The van der Waals surface area contributed by atoms with Crippen LogP contribution in [0.4, 0.5) is 0 Å². The predicted molar refractivity (Wildman–Crippen MR) is 104 cm³/mol. The molecule has 27 heavy (non-hydrogen) atoms. The summed E-state index contributed by atoms with van der Waals surface area (Å²) in [6.45, 7) is 3.24. The second kappa shape index (κ2) is 7.46. The van der Waals surface area contributed by atoms with Crippen molar-refractivity contribution in [1.29, 1.82) is 0 Å². The number of aromatic nitrogens is 3. The van der Waals surface area contributed by atoms with Crippen molar-refractivity contribution in [1.82, 2.24) is 25.2 Å². The lowest BCUT2D eigenvalue weighted by molar-refractivity contribution is 0.0919. The van der Waals surface area contributed by atoms with Gasteiger partial charge in [-0.3, -0.25) is 9.69 Å². The van der Waals surface area contributed by atoms with E-state index in [1.54, 1.807) is 6.20 Å². The van der Waals surface area contributed by atoms with Crippen LogP contribution in [-0.2, 0) is 6.54 Å². The number of carbonyl (C=O) groups excluding carboxylic acids is 1. The number of amides is 1. The Balaban J connectivity index is 1.32. The molecule has 140 valence electrons. The lowest BCUT2D eigenvalue weighted by atomic mass is 9.88. The first-order chi connectivity index (χ1) is 13.1. The number of aromatic amines is 1. The molecule has 0 spiro atoms. The summed E-state index contributed by atoms with van der Waals surface area (Å²) in [5, 5.41) is 3.69. The van der Waals surface area contributed by atoms with Gasteiger partial charge in [-0.05, 0) is 24.5 Å². The first-order valence-corrected chi connectivity index (χ1v) is 9.24. The van der Waals surface area contributed by atoms with Crippen LogP contribution in [0, 0.1) is 0 Å². The van der Waals surface area contributed by atoms with E-state index in [-0.39, 0.29) is 11.4 Å². The number of fused-ring (bicyclic) bond motifs is 1. The average molecular weight is 364 g/mol. The molecule has 1 aliphatic heterocycles. The number of hydrogen-bond acceptors (Lipinski definition) is 5. The minimum atomic E-state index is -0.382. The first kappa shape index (κ1) is 17.6. The first-order valence-electron chi connectivity index (χ1n) is 9.24. The van der Waals surface area contributed by atoms with Crippen LogP contribution in [0.3, 0.4) is 0 Å². The number of rotatable bonds is 5. The van der Waals surface area contributed by atoms with Crippen LogP contribution in [0.15, 0.2) is 48.9 Å². The molecule has 0 radical (unpaired) electrons. The van der Waals surface area contributed by atoms with Gasteiger partial charge in [-0.1, -0.05) is 30.3 Å². The Kier molecular flexibility index (Phi) is 4.87. The van der Waals surface area contributed by atoms with Crippen molar-refractivity contribution in [3.8, 4) is 0 Å². The molecule has 2 aromatic heterocycles. The summed E-state index contributed by atoms with van der Waals surface area (Å²) in [7, 11) is 0. The van der Waals surface area contributed by atoms with Gasteiger partial charge in [0.15, 0.2) is 0 Å². The molecule has 0 bridgehead atoms. The van der Waals surface area contributed by atoms with Gasteiger partial charge >= 0.3 is 0 Å². The van der Waals surface area contributed by atoms with Crippen molar-refractivity contribution >= 4 is 16.9 Å². The largest absolute Gasteiger partial charge is 0.349 e. The van der Waals surface area contributed by atoms with Gasteiger partial charge in [0.2, 0.25) is 0 Å². The van der Waals surface area contributed by atoms with E-state index in [9.17, 15) is 4.79 Å². The number of nitrogens with one attached hydrogen (secondary N) is 2. The monoisotopic (exact) mass is 364 g/mol. The average Bonchev–Trinajstić information content (AvgIpc) is 3.18. The fraction of sp³-hybridized carbons (Fsp3) is 0.350. The van der Waals surface area contributed by atoms with Crippen LogP contribution in [0.5, 0.6) is 0 Å². The normalized spacial score (nSPS) is 17.1. The van der Waals surface area contributed by atoms with Crippen LogP contribution in [0.25, 0.3) is 11.0 Å². The SMILES string of the molecule is NC1(CNC(=O)c2ncnc3[nH]ccc23)CCN(Cc2ccccc2)CC1. The van der Waals surface area contributed by atoms with Crippen LogP contribution in [-0.4, -0.2) is 50.9 Å². The van der Waals surface area contributed by atoms with E-state index in [0.29, 0.717) is 17.9 Å². The minimum Gasteiger partial charge on any atom is -0.349 e. The number of piperidine rings is 1. The topological polar surface area (TPSA) is 99.9 Å². The molecule has 3 heterocycles. The van der Waals surface area contributed by atoms with Crippen LogP contribution in [0.1, 0.15) is 28.9 Å². The van der Waals surface area contributed by atoms with Gasteiger partial charge in [-0.25, -0.2) is 9.97 Å². The van der Waals surface area contributed by atoms with Crippen molar-refractivity contribution in [2.24, 2.45) is 5.73 Å². The quantitative estimate of drug-likeness (QED) is 0.640. The van der Waals surface area contributed by atoms with Gasteiger partial charge in [-0.15, -0.1) is 0 Å². The third kappa shape index (κ3) is 3.99. The third-order valence-electron chi connectivity index (χ3n) is 5.27. The highest BCUT2D eigenvalue weighted by molar-refractivity contribution is 6.03. The maximum atomic E-state index is 12.6. The van der Waals surface area contributed by atoms with Gasteiger partial charge in [0.1, 0.15) is 17.7 Å². The van der Waals surface area contributed by atoms with Crippen molar-refractivity contribution < 1.29 is 4.79 Å². The molecule has 0 saturated carbocycles. The number of likely N-dealkylation sites (tertiary alicyclic amines) is 1. The van der Waals surface area contributed by atoms with E-state index in [1.165, 1.54) is 11.9 Å². The van der Waals surface area contributed by atoms with Gasteiger partial charge in [-0.2, -0.15) is 0 Å². The van der Waals surface area contributed by atoms with Crippen LogP contribution in [0.2, 0.25) is 0 Å². The molecular weight excluding hydrogens is 340 g/mol. The number of H-pyrrole nitrogens is 1. The second-order valence-electron chi connectivity index (χ2n) is 7.27. The molecule has 4 N–H and O–H groups in total.